The molecule has 1 saturated heterocycles. The second kappa shape index (κ2) is 5.21. The first-order valence-electron chi connectivity index (χ1n) is 5.84. The van der Waals surface area contributed by atoms with Gasteiger partial charge >= 0.3 is 0 Å². The lowest BCUT2D eigenvalue weighted by Crippen LogP contribution is -2.34. The number of likely N-dealkylation sites (tertiary alicyclic amines) is 1. The zero-order valence-corrected chi connectivity index (χ0v) is 9.72. The van der Waals surface area contributed by atoms with E-state index in [1.807, 2.05) is 12.1 Å². The van der Waals surface area contributed by atoms with E-state index in [2.05, 4.69) is 11.9 Å². The minimum absolute atomic E-state index is 0.282. The molecule has 1 atom stereocenters. The number of hydrogen-bond acceptors (Lipinski definition) is 3. The summed E-state index contributed by atoms with van der Waals surface area (Å²) in [7, 11) is 2.16. The van der Waals surface area contributed by atoms with Crippen LogP contribution in [0.4, 0.5) is 0 Å². The van der Waals surface area contributed by atoms with Crippen LogP contribution in [0.5, 0.6) is 11.5 Å². The fourth-order valence-corrected chi connectivity index (χ4v) is 2.17. The summed E-state index contributed by atoms with van der Waals surface area (Å²) >= 11 is 0. The molecule has 1 aromatic rings. The molecule has 2 rings (SSSR count). The van der Waals surface area contributed by atoms with Gasteiger partial charge in [-0.15, -0.1) is 0 Å². The summed E-state index contributed by atoms with van der Waals surface area (Å²) in [5.41, 5.74) is 0. The molecule has 1 fully saturated rings. The summed E-state index contributed by atoms with van der Waals surface area (Å²) in [6.07, 6.45) is 2.52. The molecule has 1 aliphatic heterocycles. The Balaban J connectivity index is 1.80. The van der Waals surface area contributed by atoms with Crippen LogP contribution in [0.1, 0.15) is 12.8 Å². The predicted octanol–water partition coefficient (Wildman–Crippen LogP) is 2.11. The van der Waals surface area contributed by atoms with Crippen molar-refractivity contribution in [3.63, 3.8) is 0 Å². The minimum Gasteiger partial charge on any atom is -0.508 e. The third-order valence-electron chi connectivity index (χ3n) is 3.04. The highest BCUT2D eigenvalue weighted by Gasteiger charge is 2.17. The molecule has 16 heavy (non-hydrogen) atoms. The number of aromatic hydroxyl groups is 1. The Morgan fingerprint density at radius 3 is 2.81 bits per heavy atom. The zero-order chi connectivity index (χ0) is 11.4. The van der Waals surface area contributed by atoms with Gasteiger partial charge in [0, 0.05) is 12.5 Å². The van der Waals surface area contributed by atoms with Crippen molar-refractivity contribution in [1.82, 2.24) is 4.90 Å². The average molecular weight is 221 g/mol. The second-order valence-corrected chi connectivity index (χ2v) is 4.58. The van der Waals surface area contributed by atoms with Crippen LogP contribution in [0.2, 0.25) is 0 Å². The summed E-state index contributed by atoms with van der Waals surface area (Å²) in [6, 6.07) is 6.93. The van der Waals surface area contributed by atoms with Crippen molar-refractivity contribution >= 4 is 0 Å². The van der Waals surface area contributed by atoms with Crippen LogP contribution in [0.3, 0.4) is 0 Å². The number of phenolic OH excluding ortho intramolecular Hbond substituents is 1. The van der Waals surface area contributed by atoms with Crippen LogP contribution in [-0.2, 0) is 0 Å². The highest BCUT2D eigenvalue weighted by atomic mass is 16.5. The van der Waals surface area contributed by atoms with E-state index < -0.39 is 0 Å². The molecular formula is C13H19NO2. The molecular weight excluding hydrogens is 202 g/mol. The molecule has 0 aliphatic carbocycles. The second-order valence-electron chi connectivity index (χ2n) is 4.58. The number of benzene rings is 1. The third-order valence-corrected chi connectivity index (χ3v) is 3.04. The van der Waals surface area contributed by atoms with Gasteiger partial charge < -0.3 is 14.7 Å². The van der Waals surface area contributed by atoms with Gasteiger partial charge in [-0.05, 0) is 50.7 Å². The average Bonchev–Trinajstić information content (AvgIpc) is 2.28. The molecule has 0 saturated carbocycles. The van der Waals surface area contributed by atoms with Crippen LogP contribution in [-0.4, -0.2) is 36.8 Å². The van der Waals surface area contributed by atoms with Gasteiger partial charge in [0.05, 0.1) is 6.61 Å². The Morgan fingerprint density at radius 2 is 2.12 bits per heavy atom. The Hall–Kier alpha value is -1.22. The molecule has 0 aromatic heterocycles. The first-order chi connectivity index (χ1) is 7.74. The topological polar surface area (TPSA) is 32.7 Å². The Labute approximate surface area is 96.6 Å². The van der Waals surface area contributed by atoms with Crippen LogP contribution < -0.4 is 4.74 Å². The number of hydrogen-bond donors (Lipinski definition) is 1. The van der Waals surface area contributed by atoms with Gasteiger partial charge in [0.25, 0.3) is 0 Å². The van der Waals surface area contributed by atoms with Crippen molar-refractivity contribution in [1.29, 1.82) is 0 Å². The van der Waals surface area contributed by atoms with Crippen LogP contribution in [0, 0.1) is 5.92 Å². The van der Waals surface area contributed by atoms with Crippen LogP contribution in [0.15, 0.2) is 24.3 Å². The normalized spacial score (nSPS) is 21.9. The molecule has 0 unspecified atom stereocenters. The number of nitrogens with zero attached hydrogens (tertiary/aromatic N) is 1. The Kier molecular flexibility index (Phi) is 3.67. The number of piperidine rings is 1. The van der Waals surface area contributed by atoms with Crippen LogP contribution >= 0.6 is 0 Å². The lowest BCUT2D eigenvalue weighted by Gasteiger charge is -2.29. The summed E-state index contributed by atoms with van der Waals surface area (Å²) in [4.78, 5) is 2.36. The fraction of sp³-hybridized carbons (Fsp3) is 0.538. The standard InChI is InChI=1S/C13H19NO2/c1-14-8-2-3-11(9-14)10-16-13-6-4-12(15)5-7-13/h4-7,11,15H,2-3,8-10H2,1H3/t11-/m1/s1. The van der Waals surface area contributed by atoms with Gasteiger partial charge in [-0.1, -0.05) is 0 Å². The summed E-state index contributed by atoms with van der Waals surface area (Å²) < 4.78 is 5.71. The van der Waals surface area contributed by atoms with E-state index in [0.717, 1.165) is 18.9 Å². The predicted molar refractivity (Wildman–Crippen MR) is 63.8 cm³/mol. The van der Waals surface area contributed by atoms with Crippen molar-refractivity contribution in [2.75, 3.05) is 26.7 Å². The molecule has 3 nitrogen and oxygen atoms in total. The molecule has 1 heterocycles. The van der Waals surface area contributed by atoms with Gasteiger partial charge in [-0.3, -0.25) is 0 Å². The first kappa shape index (κ1) is 11.3. The molecule has 3 heteroatoms. The van der Waals surface area contributed by atoms with E-state index in [0.29, 0.717) is 5.92 Å². The van der Waals surface area contributed by atoms with Gasteiger partial charge in [0.2, 0.25) is 0 Å². The smallest absolute Gasteiger partial charge is 0.119 e. The van der Waals surface area contributed by atoms with Gasteiger partial charge in [-0.25, -0.2) is 0 Å². The molecule has 0 bridgehead atoms. The Bertz CT molecular complexity index is 323. The summed E-state index contributed by atoms with van der Waals surface area (Å²) in [6.45, 7) is 3.10. The molecule has 1 aromatic carbocycles. The van der Waals surface area contributed by atoms with Gasteiger partial charge in [0.15, 0.2) is 0 Å². The van der Waals surface area contributed by atoms with Gasteiger partial charge in [0.1, 0.15) is 11.5 Å². The van der Waals surface area contributed by atoms with Crippen molar-refractivity contribution in [2.45, 2.75) is 12.8 Å². The molecule has 1 aliphatic rings. The number of ether oxygens (including phenoxy) is 1. The largest absolute Gasteiger partial charge is 0.508 e. The maximum absolute atomic E-state index is 9.15. The number of rotatable bonds is 3. The molecule has 88 valence electrons. The van der Waals surface area contributed by atoms with E-state index in [1.165, 1.54) is 19.4 Å². The highest BCUT2D eigenvalue weighted by Crippen LogP contribution is 2.19. The Morgan fingerprint density at radius 1 is 1.38 bits per heavy atom. The molecule has 0 amide bonds. The third kappa shape index (κ3) is 3.14. The van der Waals surface area contributed by atoms with Crippen molar-refractivity contribution < 1.29 is 9.84 Å². The SMILES string of the molecule is CN1CCC[C@@H](COc2ccc(O)cc2)C1. The summed E-state index contributed by atoms with van der Waals surface area (Å²) in [5, 5.41) is 9.15. The van der Waals surface area contributed by atoms with E-state index in [4.69, 9.17) is 9.84 Å². The lowest BCUT2D eigenvalue weighted by atomic mass is 10.00. The van der Waals surface area contributed by atoms with E-state index >= 15 is 0 Å². The van der Waals surface area contributed by atoms with Crippen LogP contribution in [0.25, 0.3) is 0 Å². The monoisotopic (exact) mass is 221 g/mol. The van der Waals surface area contributed by atoms with Crippen molar-refractivity contribution in [3.05, 3.63) is 24.3 Å². The molecule has 0 radical (unpaired) electrons. The summed E-state index contributed by atoms with van der Waals surface area (Å²) in [5.74, 6) is 1.75. The van der Waals surface area contributed by atoms with E-state index in [9.17, 15) is 0 Å². The van der Waals surface area contributed by atoms with Crippen molar-refractivity contribution in [3.8, 4) is 11.5 Å². The van der Waals surface area contributed by atoms with E-state index in [-0.39, 0.29) is 5.75 Å². The maximum Gasteiger partial charge on any atom is 0.119 e. The molecule has 1 N–H and O–H groups in total. The lowest BCUT2D eigenvalue weighted by molar-refractivity contribution is 0.150. The maximum atomic E-state index is 9.15. The van der Waals surface area contributed by atoms with Crippen molar-refractivity contribution in [2.24, 2.45) is 5.92 Å². The quantitative estimate of drug-likeness (QED) is 0.848. The highest BCUT2D eigenvalue weighted by molar-refractivity contribution is 5.30. The first-order valence-corrected chi connectivity index (χ1v) is 5.84. The zero-order valence-electron chi connectivity index (χ0n) is 9.72. The van der Waals surface area contributed by atoms with Gasteiger partial charge in [-0.2, -0.15) is 0 Å². The minimum atomic E-state index is 0.282. The molecule has 0 spiro atoms. The fourth-order valence-electron chi connectivity index (χ4n) is 2.17. The number of phenols is 1. The van der Waals surface area contributed by atoms with E-state index in [1.54, 1.807) is 12.1 Å².